The number of hydrogen-bond acceptors (Lipinski definition) is 5. The molecule has 0 unspecified atom stereocenters. The van der Waals surface area contributed by atoms with Crippen molar-refractivity contribution in [3.05, 3.63) is 156 Å². The Labute approximate surface area is 324 Å². The number of fused-ring (bicyclic) bond motifs is 2. The predicted octanol–water partition coefficient (Wildman–Crippen LogP) is 9.94. The third-order valence-corrected chi connectivity index (χ3v) is 10.0. The Kier molecular flexibility index (Phi) is 12.4. The van der Waals surface area contributed by atoms with Crippen molar-refractivity contribution in [2.45, 2.75) is 66.5 Å². The number of aryl methyl sites for hydroxylation is 2. The van der Waals surface area contributed by atoms with Crippen LogP contribution in [0.4, 0.5) is 5.69 Å². The molecular weight excluding hydrogens is 721 g/mol. The van der Waals surface area contributed by atoms with Crippen LogP contribution >= 0.6 is 23.2 Å². The molecule has 0 N–H and O–H groups in total. The molecule has 6 rings (SSSR count). The van der Waals surface area contributed by atoms with Crippen molar-refractivity contribution in [3.8, 4) is 0 Å². The average molecular weight is 765 g/mol. The molecule has 0 saturated heterocycles. The van der Waals surface area contributed by atoms with Gasteiger partial charge in [0.1, 0.15) is 0 Å². The van der Waals surface area contributed by atoms with Gasteiger partial charge < -0.3 is 14.0 Å². The minimum Gasteiger partial charge on any atom is -0.311 e. The van der Waals surface area contributed by atoms with E-state index in [0.717, 1.165) is 38.6 Å². The molecule has 54 heavy (non-hydrogen) atoms. The van der Waals surface area contributed by atoms with Gasteiger partial charge in [0, 0.05) is 75.5 Å². The topological polar surface area (TPSA) is 98.4 Å². The van der Waals surface area contributed by atoms with Crippen molar-refractivity contribution in [2.24, 2.45) is 0 Å². The van der Waals surface area contributed by atoms with E-state index in [-0.39, 0.29) is 28.9 Å². The number of rotatable bonds is 9. The summed E-state index contributed by atoms with van der Waals surface area (Å²) in [4.78, 5) is 64.5. The summed E-state index contributed by atoms with van der Waals surface area (Å²) < 4.78 is 3.42. The molecule has 10 heteroatoms. The van der Waals surface area contributed by atoms with E-state index < -0.39 is 11.6 Å². The lowest BCUT2D eigenvalue weighted by Gasteiger charge is -2.20. The summed E-state index contributed by atoms with van der Waals surface area (Å²) >= 11 is 11.8. The van der Waals surface area contributed by atoms with E-state index in [1.807, 2.05) is 45.9 Å². The Morgan fingerprint density at radius 3 is 1.44 bits per heavy atom. The van der Waals surface area contributed by atoms with Crippen LogP contribution in [0.5, 0.6) is 0 Å². The van der Waals surface area contributed by atoms with Gasteiger partial charge in [-0.2, -0.15) is 0 Å². The molecule has 0 saturated carbocycles. The fourth-order valence-corrected chi connectivity index (χ4v) is 6.78. The molecule has 4 aromatic carbocycles. The van der Waals surface area contributed by atoms with Crippen LogP contribution in [0, 0.1) is 0 Å². The largest absolute Gasteiger partial charge is 0.311 e. The van der Waals surface area contributed by atoms with Crippen LogP contribution in [0.2, 0.25) is 10.0 Å². The first-order chi connectivity index (χ1) is 25.7. The highest BCUT2D eigenvalue weighted by Gasteiger charge is 2.21. The third-order valence-electron chi connectivity index (χ3n) is 9.50. The van der Waals surface area contributed by atoms with Crippen LogP contribution in [0.3, 0.4) is 0 Å². The van der Waals surface area contributed by atoms with Gasteiger partial charge >= 0.3 is 0 Å². The minimum atomic E-state index is -0.582. The molecule has 6 aromatic rings. The second-order valence-electron chi connectivity index (χ2n) is 13.6. The molecule has 0 bridgehead atoms. The standard InChI is InChI=1S/C22H23ClN2O2.C22H20ClNO3/c1-5-25-20-11-10-17(12-19(20)18(14(2)3)13-21(25)26)24(4)22(27)15-6-8-16(23)9-7-15;1-4-24-19-10-7-15(11-18(19)17(13(2)3)12-20(24)25)22(27)21(26)14-5-8-16(23)9-6-14/h6-14H,5H2,1-4H3;5-13H,4H2,1-3H3. The maximum Gasteiger partial charge on any atom is 0.258 e. The maximum absolute atomic E-state index is 12.8. The monoisotopic (exact) mass is 763 g/mol. The van der Waals surface area contributed by atoms with E-state index in [9.17, 15) is 24.0 Å². The molecule has 0 aliphatic heterocycles. The molecule has 1 amide bonds. The Bertz CT molecular complexity index is 2500. The number of carbonyl (C=O) groups excluding carboxylic acids is 3. The van der Waals surface area contributed by atoms with E-state index in [1.54, 1.807) is 87.8 Å². The second kappa shape index (κ2) is 16.8. The van der Waals surface area contributed by atoms with Gasteiger partial charge in [-0.25, -0.2) is 0 Å². The van der Waals surface area contributed by atoms with Gasteiger partial charge in [0.25, 0.3) is 17.0 Å². The molecule has 0 spiro atoms. The highest BCUT2D eigenvalue weighted by Crippen LogP contribution is 2.29. The zero-order valence-corrected chi connectivity index (χ0v) is 33.0. The Morgan fingerprint density at radius 2 is 0.981 bits per heavy atom. The smallest absolute Gasteiger partial charge is 0.258 e. The van der Waals surface area contributed by atoms with E-state index in [0.29, 0.717) is 39.8 Å². The lowest BCUT2D eigenvalue weighted by atomic mass is 9.95. The van der Waals surface area contributed by atoms with Gasteiger partial charge in [-0.3, -0.25) is 24.0 Å². The molecule has 0 aliphatic carbocycles. The minimum absolute atomic E-state index is 0.00652. The van der Waals surface area contributed by atoms with Crippen LogP contribution in [0.15, 0.2) is 107 Å². The fraction of sp³-hybridized carbons (Fsp3) is 0.250. The lowest BCUT2D eigenvalue weighted by Crippen LogP contribution is -2.26. The van der Waals surface area contributed by atoms with E-state index >= 15 is 0 Å². The first-order valence-corrected chi connectivity index (χ1v) is 18.7. The SMILES string of the molecule is CCn1c(=O)cc(C(C)C)c2cc(C(=O)C(=O)c3ccc(Cl)cc3)ccc21.CCn1c(=O)cc(C(C)C)c2cc(N(C)C(=O)c3ccc(Cl)cc3)ccc21. The van der Waals surface area contributed by atoms with Crippen molar-refractivity contribution in [1.82, 2.24) is 9.13 Å². The number of nitrogens with zero attached hydrogens (tertiary/aromatic N) is 3. The number of halogens is 2. The van der Waals surface area contributed by atoms with Crippen molar-refractivity contribution in [1.29, 1.82) is 0 Å². The van der Waals surface area contributed by atoms with Gasteiger partial charge in [0.05, 0.1) is 11.0 Å². The molecule has 8 nitrogen and oxygen atoms in total. The van der Waals surface area contributed by atoms with Gasteiger partial charge in [-0.1, -0.05) is 50.9 Å². The molecule has 2 heterocycles. The summed E-state index contributed by atoms with van der Waals surface area (Å²) in [6.45, 7) is 13.1. The Balaban J connectivity index is 0.000000208. The number of Topliss-reactive ketones (excluding diaryl/α,β-unsaturated/α-hetero) is 2. The van der Waals surface area contributed by atoms with E-state index in [4.69, 9.17) is 23.2 Å². The normalized spacial score (nSPS) is 11.2. The van der Waals surface area contributed by atoms with Gasteiger partial charge in [-0.05, 0) is 122 Å². The van der Waals surface area contributed by atoms with Gasteiger partial charge in [0.2, 0.25) is 11.6 Å². The second-order valence-corrected chi connectivity index (χ2v) is 14.5. The van der Waals surface area contributed by atoms with Crippen LogP contribution in [-0.4, -0.2) is 33.7 Å². The number of hydrogen-bond donors (Lipinski definition) is 0. The van der Waals surface area contributed by atoms with Crippen LogP contribution in [-0.2, 0) is 13.1 Å². The number of ketones is 2. The highest BCUT2D eigenvalue weighted by molar-refractivity contribution is 6.49. The molecule has 0 fully saturated rings. The van der Waals surface area contributed by atoms with Crippen molar-refractivity contribution in [2.75, 3.05) is 11.9 Å². The number of aromatic nitrogens is 2. The number of anilines is 1. The summed E-state index contributed by atoms with van der Waals surface area (Å²) in [5.41, 5.74) is 5.43. The molecule has 278 valence electrons. The van der Waals surface area contributed by atoms with Gasteiger partial charge in [0.15, 0.2) is 0 Å². The fourth-order valence-electron chi connectivity index (χ4n) is 6.53. The number of benzene rings is 4. The zero-order valence-electron chi connectivity index (χ0n) is 31.4. The third kappa shape index (κ3) is 8.25. The van der Waals surface area contributed by atoms with E-state index in [2.05, 4.69) is 13.8 Å². The predicted molar refractivity (Wildman–Crippen MR) is 220 cm³/mol. The quantitative estimate of drug-likeness (QED) is 0.108. The lowest BCUT2D eigenvalue weighted by molar-refractivity contribution is 0.0817. The number of carbonyl (C=O) groups is 3. The summed E-state index contributed by atoms with van der Waals surface area (Å²) in [6.07, 6.45) is 0. The molecule has 2 aromatic heterocycles. The summed E-state index contributed by atoms with van der Waals surface area (Å²) in [7, 11) is 1.75. The number of amides is 1. The van der Waals surface area contributed by atoms with Crippen LogP contribution in [0.25, 0.3) is 21.8 Å². The molecule has 0 atom stereocenters. The first-order valence-electron chi connectivity index (χ1n) is 17.9. The van der Waals surface area contributed by atoms with Crippen LogP contribution in [0.1, 0.15) is 95.6 Å². The maximum atomic E-state index is 12.8. The molecular formula is C44H43Cl2N3O5. The summed E-state index contributed by atoms with van der Waals surface area (Å²) in [6, 6.07) is 27.3. The molecule has 0 aliphatic rings. The average Bonchev–Trinajstić information content (AvgIpc) is 3.16. The Morgan fingerprint density at radius 1 is 0.574 bits per heavy atom. The van der Waals surface area contributed by atoms with Gasteiger partial charge in [-0.15, -0.1) is 0 Å². The summed E-state index contributed by atoms with van der Waals surface area (Å²) in [5.74, 6) is -0.951. The van der Waals surface area contributed by atoms with E-state index in [1.165, 1.54) is 12.1 Å². The van der Waals surface area contributed by atoms with Crippen molar-refractivity contribution < 1.29 is 14.4 Å². The zero-order chi connectivity index (χ0) is 39.4. The first kappa shape index (κ1) is 39.9. The van der Waals surface area contributed by atoms with Crippen molar-refractivity contribution >= 4 is 68.2 Å². The summed E-state index contributed by atoms with van der Waals surface area (Å²) in [5, 5.41) is 2.92. The highest BCUT2D eigenvalue weighted by atomic mass is 35.5. The van der Waals surface area contributed by atoms with Crippen molar-refractivity contribution in [3.63, 3.8) is 0 Å². The van der Waals surface area contributed by atoms with Crippen LogP contribution < -0.4 is 16.0 Å². The number of pyridine rings is 2. The molecule has 0 radical (unpaired) electrons. The Hall–Kier alpha value is -5.31.